The molecular weight excluding hydrogens is 603 g/mol. The van der Waals surface area contributed by atoms with Crippen LogP contribution in [0.1, 0.15) is 60.5 Å². The van der Waals surface area contributed by atoms with E-state index in [1.807, 2.05) is 24.3 Å². The number of rotatable bonds is 6. The molecule has 0 radical (unpaired) electrons. The first-order valence-electron chi connectivity index (χ1n) is 14.3. The third-order valence-electron chi connectivity index (χ3n) is 8.41. The summed E-state index contributed by atoms with van der Waals surface area (Å²) in [4.78, 5) is 24.3. The molecule has 1 N–H and O–H groups in total. The summed E-state index contributed by atoms with van der Waals surface area (Å²) in [6, 6.07) is 10.9. The number of ether oxygens (including phenoxy) is 7. The molecule has 0 bridgehead atoms. The van der Waals surface area contributed by atoms with Gasteiger partial charge in [-0.2, -0.15) is 0 Å². The summed E-state index contributed by atoms with van der Waals surface area (Å²) < 4.78 is 37.8. The lowest BCUT2D eigenvalue weighted by molar-refractivity contribution is -0.151. The van der Waals surface area contributed by atoms with Gasteiger partial charge in [-0.1, -0.05) is 23.2 Å². The van der Waals surface area contributed by atoms with Crippen molar-refractivity contribution in [1.82, 2.24) is 0 Å². The Morgan fingerprint density at radius 1 is 0.674 bits per heavy atom. The number of methoxy groups -OCH3 is 1. The Balaban J connectivity index is 0.000000171. The van der Waals surface area contributed by atoms with Gasteiger partial charge in [0, 0.05) is 47.6 Å². The number of benzene rings is 2. The molecule has 6 rings (SSSR count). The van der Waals surface area contributed by atoms with Crippen LogP contribution in [-0.4, -0.2) is 77.0 Å². The number of hydrogen-bond acceptors (Lipinski definition) is 9. The number of halogens is 2. The zero-order valence-corrected chi connectivity index (χ0v) is 25.5. The molecule has 4 aliphatic rings. The minimum atomic E-state index is -0.948. The number of hydrogen-bond donors (Lipinski definition) is 1. The Kier molecular flexibility index (Phi) is 10.6. The third kappa shape index (κ3) is 7.02. The summed E-state index contributed by atoms with van der Waals surface area (Å²) in [5.41, 5.74) is 1.46. The molecule has 2 aromatic rings. The molecule has 4 aliphatic heterocycles. The largest absolute Gasteiger partial charge is 0.481 e. The highest BCUT2D eigenvalue weighted by Crippen LogP contribution is 2.40. The number of carbonyl (C=O) groups excluding carboxylic acids is 1. The summed E-state index contributed by atoms with van der Waals surface area (Å²) >= 11 is 12.4. The second kappa shape index (κ2) is 14.2. The highest BCUT2D eigenvalue weighted by Gasteiger charge is 2.44. The fraction of sp³-hybridized carbons (Fsp3) is 0.548. The van der Waals surface area contributed by atoms with E-state index >= 15 is 0 Å². The summed E-state index contributed by atoms with van der Waals surface area (Å²) in [6.07, 6.45) is 1.14. The highest BCUT2D eigenvalue weighted by atomic mass is 35.5. The molecule has 0 aromatic heterocycles. The van der Waals surface area contributed by atoms with Gasteiger partial charge >= 0.3 is 11.9 Å². The zero-order chi connectivity index (χ0) is 30.5. The summed E-state index contributed by atoms with van der Waals surface area (Å²) in [6.45, 7) is 4.09. The van der Waals surface area contributed by atoms with Crippen molar-refractivity contribution in [1.29, 1.82) is 0 Å². The van der Waals surface area contributed by atoms with Gasteiger partial charge in [0.15, 0.2) is 12.6 Å². The first-order chi connectivity index (χ1) is 20.8. The average molecular weight is 640 g/mol. The lowest BCUT2D eigenvalue weighted by Gasteiger charge is -2.35. The first-order valence-corrected chi connectivity index (χ1v) is 15.1. The zero-order valence-electron chi connectivity index (χ0n) is 24.0. The molecule has 0 aliphatic carbocycles. The molecule has 0 saturated carbocycles. The lowest BCUT2D eigenvalue weighted by Crippen LogP contribution is -2.42. The second-order valence-corrected chi connectivity index (χ2v) is 11.8. The minimum Gasteiger partial charge on any atom is -0.481 e. The Morgan fingerprint density at radius 3 is 1.47 bits per heavy atom. The Bertz CT molecular complexity index is 1280. The molecule has 4 heterocycles. The number of aliphatic carboxylic acids is 1. The third-order valence-corrected chi connectivity index (χ3v) is 8.85. The molecule has 43 heavy (non-hydrogen) atoms. The van der Waals surface area contributed by atoms with E-state index in [1.165, 1.54) is 7.11 Å². The van der Waals surface area contributed by atoms with Gasteiger partial charge in [0.05, 0.1) is 44.4 Å². The van der Waals surface area contributed by atoms with Crippen LogP contribution in [0.4, 0.5) is 0 Å². The van der Waals surface area contributed by atoms with Crippen LogP contribution in [0.2, 0.25) is 10.0 Å². The van der Waals surface area contributed by atoms with Gasteiger partial charge in [-0.05, 0) is 73.2 Å². The van der Waals surface area contributed by atoms with E-state index in [9.17, 15) is 14.7 Å². The Labute approximate surface area is 260 Å². The van der Waals surface area contributed by atoms with E-state index in [0.29, 0.717) is 94.1 Å². The molecule has 10 nitrogen and oxygen atoms in total. The smallest absolute Gasteiger partial charge is 0.316 e. The monoisotopic (exact) mass is 638 g/mol. The summed E-state index contributed by atoms with van der Waals surface area (Å²) in [5, 5.41) is 10.8. The molecule has 4 saturated heterocycles. The Morgan fingerprint density at radius 2 is 1.07 bits per heavy atom. The van der Waals surface area contributed by atoms with Crippen LogP contribution in [0.15, 0.2) is 36.4 Å². The van der Waals surface area contributed by atoms with Crippen LogP contribution in [0.3, 0.4) is 0 Å². The predicted molar refractivity (Wildman–Crippen MR) is 155 cm³/mol. The Hall–Kier alpha value is -2.28. The normalized spacial score (nSPS) is 22.0. The van der Waals surface area contributed by atoms with Crippen molar-refractivity contribution in [2.24, 2.45) is 0 Å². The summed E-state index contributed by atoms with van der Waals surface area (Å²) in [5.74, 6) is -1.09. The number of carbonyl (C=O) groups is 2. The number of carboxylic acid groups (broad SMARTS) is 1. The molecular formula is C31H36Cl2O10. The van der Waals surface area contributed by atoms with Crippen molar-refractivity contribution in [2.45, 2.75) is 49.1 Å². The molecule has 0 spiro atoms. The predicted octanol–water partition coefficient (Wildman–Crippen LogP) is 5.12. The maximum absolute atomic E-state index is 12.4. The maximum atomic E-state index is 12.4. The number of carboxylic acids is 1. The fourth-order valence-electron chi connectivity index (χ4n) is 6.02. The van der Waals surface area contributed by atoms with Gasteiger partial charge in [-0.3, -0.25) is 9.59 Å². The van der Waals surface area contributed by atoms with Crippen molar-refractivity contribution in [3.63, 3.8) is 0 Å². The van der Waals surface area contributed by atoms with Crippen LogP contribution in [0.5, 0.6) is 0 Å². The van der Waals surface area contributed by atoms with Gasteiger partial charge in [-0.15, -0.1) is 0 Å². The lowest BCUT2D eigenvalue weighted by atomic mass is 9.74. The van der Waals surface area contributed by atoms with Crippen LogP contribution in [0, 0.1) is 0 Å². The van der Waals surface area contributed by atoms with Crippen molar-refractivity contribution in [3.8, 4) is 0 Å². The molecule has 0 atom stereocenters. The molecule has 12 heteroatoms. The standard InChI is InChI=1S/C16H19ClO5.C15H17ClO5/c1-19-15(18)16(2-4-20-5-3-16)12-8-11(9-13(17)10-12)14-21-6-7-22-14;16-12-8-10(13-20-5-6-21-13)7-11(9-12)15(14(17)18)1-3-19-4-2-15/h8-10,14H,2-7H2,1H3;7-9,13H,1-6H2,(H,17,18). The van der Waals surface area contributed by atoms with Gasteiger partial charge in [-0.25, -0.2) is 0 Å². The maximum Gasteiger partial charge on any atom is 0.316 e. The van der Waals surface area contributed by atoms with Gasteiger partial charge in [0.2, 0.25) is 0 Å². The van der Waals surface area contributed by atoms with E-state index in [2.05, 4.69) is 0 Å². The van der Waals surface area contributed by atoms with Gasteiger partial charge in [0.25, 0.3) is 0 Å². The van der Waals surface area contributed by atoms with Crippen LogP contribution >= 0.6 is 23.2 Å². The number of esters is 1. The van der Waals surface area contributed by atoms with Crippen LogP contribution in [0.25, 0.3) is 0 Å². The molecule has 0 amide bonds. The van der Waals surface area contributed by atoms with Crippen molar-refractivity contribution in [3.05, 3.63) is 68.7 Å². The van der Waals surface area contributed by atoms with E-state index in [4.69, 9.17) is 56.4 Å². The fourth-order valence-corrected chi connectivity index (χ4v) is 6.51. The first kappa shape index (κ1) is 32.1. The van der Waals surface area contributed by atoms with Crippen LogP contribution < -0.4 is 0 Å². The highest BCUT2D eigenvalue weighted by molar-refractivity contribution is 6.31. The molecule has 0 unspecified atom stereocenters. The molecule has 234 valence electrons. The quantitative estimate of drug-likeness (QED) is 0.427. The van der Waals surface area contributed by atoms with E-state index in [0.717, 1.165) is 16.7 Å². The SMILES string of the molecule is COC(=O)C1(c2cc(Cl)cc(C3OCCO3)c2)CCOCC1.O=C(O)C1(c2cc(Cl)cc(C3OCCO3)c2)CCOCC1. The second-order valence-electron chi connectivity index (χ2n) is 10.9. The average Bonchev–Trinajstić information content (AvgIpc) is 3.77. The van der Waals surface area contributed by atoms with Crippen molar-refractivity contribution >= 4 is 35.1 Å². The van der Waals surface area contributed by atoms with E-state index in [1.54, 1.807) is 12.1 Å². The molecule has 2 aromatic carbocycles. The van der Waals surface area contributed by atoms with Crippen molar-refractivity contribution < 1.29 is 47.9 Å². The van der Waals surface area contributed by atoms with Crippen molar-refractivity contribution in [2.75, 3.05) is 60.0 Å². The summed E-state index contributed by atoms with van der Waals surface area (Å²) in [7, 11) is 1.41. The molecule has 4 fully saturated rings. The minimum absolute atomic E-state index is 0.253. The van der Waals surface area contributed by atoms with Gasteiger partial charge < -0.3 is 38.3 Å². The van der Waals surface area contributed by atoms with E-state index < -0.39 is 29.4 Å². The van der Waals surface area contributed by atoms with Crippen LogP contribution in [-0.2, 0) is 53.6 Å². The van der Waals surface area contributed by atoms with E-state index in [-0.39, 0.29) is 5.97 Å². The van der Waals surface area contributed by atoms with Gasteiger partial charge in [0.1, 0.15) is 0 Å². The topological polar surface area (TPSA) is 119 Å².